The van der Waals surface area contributed by atoms with Crippen LogP contribution in [-0.2, 0) is 6.54 Å². The third kappa shape index (κ3) is 4.02. The van der Waals surface area contributed by atoms with Gasteiger partial charge >= 0.3 is 0 Å². The van der Waals surface area contributed by atoms with Gasteiger partial charge in [0.2, 0.25) is 0 Å². The Kier molecular flexibility index (Phi) is 4.25. The lowest BCUT2D eigenvalue weighted by Crippen LogP contribution is -2.22. The lowest BCUT2D eigenvalue weighted by Gasteiger charge is -2.08. The number of nitrogens with zero attached hydrogens (tertiary/aromatic N) is 1. The van der Waals surface area contributed by atoms with E-state index in [9.17, 15) is 5.11 Å². The zero-order valence-electron chi connectivity index (χ0n) is 11.7. The van der Waals surface area contributed by atoms with Gasteiger partial charge < -0.3 is 16.2 Å². The second kappa shape index (κ2) is 6.10. The average Bonchev–Trinajstić information content (AvgIpc) is 2.37. The highest BCUT2D eigenvalue weighted by Gasteiger charge is 1.98. The number of rotatable bonds is 3. The second-order valence-electron chi connectivity index (χ2n) is 4.87. The van der Waals surface area contributed by atoms with Crippen molar-refractivity contribution in [1.29, 1.82) is 0 Å². The van der Waals surface area contributed by atoms with Gasteiger partial charge in [-0.3, -0.25) is 0 Å². The summed E-state index contributed by atoms with van der Waals surface area (Å²) in [6.45, 7) is 4.56. The quantitative estimate of drug-likeness (QED) is 0.592. The van der Waals surface area contributed by atoms with Gasteiger partial charge in [-0.2, -0.15) is 0 Å². The predicted molar refractivity (Wildman–Crippen MR) is 83.0 cm³/mol. The highest BCUT2D eigenvalue weighted by Crippen LogP contribution is 2.14. The number of hydrogen-bond donors (Lipinski definition) is 3. The van der Waals surface area contributed by atoms with Crippen molar-refractivity contribution in [2.24, 2.45) is 10.7 Å². The van der Waals surface area contributed by atoms with Crippen molar-refractivity contribution in [3.05, 3.63) is 59.2 Å². The monoisotopic (exact) mass is 269 g/mol. The maximum Gasteiger partial charge on any atom is 0.193 e. The number of phenolic OH excluding ortho intramolecular Hbond substituents is 1. The highest BCUT2D eigenvalue weighted by atomic mass is 16.3. The summed E-state index contributed by atoms with van der Waals surface area (Å²) in [4.78, 5) is 4.28. The first-order valence-electron chi connectivity index (χ1n) is 6.46. The van der Waals surface area contributed by atoms with E-state index in [-0.39, 0.29) is 5.75 Å². The van der Waals surface area contributed by atoms with E-state index >= 15 is 0 Å². The predicted octanol–water partition coefficient (Wildman–Crippen LogP) is 2.94. The van der Waals surface area contributed by atoms with Crippen LogP contribution in [0.2, 0.25) is 0 Å². The average molecular weight is 269 g/mol. The van der Waals surface area contributed by atoms with Crippen LogP contribution < -0.4 is 11.1 Å². The molecular formula is C16H19N3O. The van der Waals surface area contributed by atoms with Crippen LogP contribution in [0.5, 0.6) is 5.75 Å². The van der Waals surface area contributed by atoms with E-state index in [1.165, 1.54) is 11.1 Å². The molecule has 4 heteroatoms. The molecule has 20 heavy (non-hydrogen) atoms. The molecule has 4 nitrogen and oxygen atoms in total. The van der Waals surface area contributed by atoms with Gasteiger partial charge in [0.1, 0.15) is 5.75 Å². The highest BCUT2D eigenvalue weighted by molar-refractivity contribution is 5.92. The van der Waals surface area contributed by atoms with Crippen LogP contribution in [0.3, 0.4) is 0 Å². The van der Waals surface area contributed by atoms with Crippen LogP contribution in [0, 0.1) is 13.8 Å². The van der Waals surface area contributed by atoms with Crippen molar-refractivity contribution < 1.29 is 5.11 Å². The van der Waals surface area contributed by atoms with Gasteiger partial charge in [-0.25, -0.2) is 4.99 Å². The van der Waals surface area contributed by atoms with Crippen LogP contribution in [0.1, 0.15) is 16.7 Å². The van der Waals surface area contributed by atoms with Gasteiger partial charge in [0.15, 0.2) is 5.96 Å². The molecule has 0 bridgehead atoms. The van der Waals surface area contributed by atoms with E-state index in [0.717, 1.165) is 11.3 Å². The first-order chi connectivity index (χ1) is 9.52. The number of benzene rings is 2. The Morgan fingerprint density at radius 1 is 1.10 bits per heavy atom. The molecule has 4 N–H and O–H groups in total. The third-order valence-electron chi connectivity index (χ3n) is 2.86. The number of aliphatic imine (C=N–C) groups is 1. The summed E-state index contributed by atoms with van der Waals surface area (Å²) in [7, 11) is 0. The third-order valence-corrected chi connectivity index (χ3v) is 2.86. The van der Waals surface area contributed by atoms with E-state index in [4.69, 9.17) is 5.73 Å². The van der Waals surface area contributed by atoms with Crippen LogP contribution in [0.25, 0.3) is 0 Å². The fraction of sp³-hybridized carbons (Fsp3) is 0.188. The standard InChI is InChI=1S/C16H19N3O/c1-11-7-12(2)9-14(8-11)19-16(17)18-10-13-3-5-15(20)6-4-13/h3-9,20H,10H2,1-2H3,(H3,17,18,19). The number of aryl methyl sites for hydroxylation is 2. The summed E-state index contributed by atoms with van der Waals surface area (Å²) < 4.78 is 0. The van der Waals surface area contributed by atoms with Crippen LogP contribution in [-0.4, -0.2) is 11.1 Å². The van der Waals surface area contributed by atoms with E-state index in [1.54, 1.807) is 12.1 Å². The molecule has 0 aliphatic carbocycles. The van der Waals surface area contributed by atoms with Crippen LogP contribution >= 0.6 is 0 Å². The smallest absolute Gasteiger partial charge is 0.193 e. The van der Waals surface area contributed by atoms with Crippen molar-refractivity contribution in [3.63, 3.8) is 0 Å². The molecule has 0 aliphatic rings. The second-order valence-corrected chi connectivity index (χ2v) is 4.87. The minimum absolute atomic E-state index is 0.249. The molecule has 0 amide bonds. The zero-order chi connectivity index (χ0) is 14.5. The number of phenols is 1. The molecule has 0 radical (unpaired) electrons. The number of nitrogens with two attached hydrogens (primary N) is 1. The summed E-state index contributed by atoms with van der Waals surface area (Å²) in [5.74, 6) is 0.627. The molecule has 0 unspecified atom stereocenters. The zero-order valence-corrected chi connectivity index (χ0v) is 11.7. The molecular weight excluding hydrogens is 250 g/mol. The molecule has 104 valence electrons. The van der Waals surface area contributed by atoms with Gasteiger partial charge in [0.05, 0.1) is 6.54 Å². The maximum absolute atomic E-state index is 9.21. The van der Waals surface area contributed by atoms with Crippen LogP contribution in [0.4, 0.5) is 5.69 Å². The van der Waals surface area contributed by atoms with Gasteiger partial charge in [0, 0.05) is 5.69 Å². The Balaban J connectivity index is 2.01. The number of aromatic hydroxyl groups is 1. The van der Waals surface area contributed by atoms with E-state index in [2.05, 4.69) is 16.4 Å². The van der Waals surface area contributed by atoms with Crippen molar-refractivity contribution in [2.75, 3.05) is 5.32 Å². The maximum atomic E-state index is 9.21. The molecule has 0 aromatic heterocycles. The summed E-state index contributed by atoms with van der Waals surface area (Å²) >= 11 is 0. The van der Waals surface area contributed by atoms with Crippen molar-refractivity contribution in [1.82, 2.24) is 0 Å². The largest absolute Gasteiger partial charge is 0.508 e. The molecule has 0 saturated carbocycles. The molecule has 2 aromatic rings. The van der Waals surface area contributed by atoms with Crippen molar-refractivity contribution in [3.8, 4) is 5.75 Å². The van der Waals surface area contributed by atoms with Gasteiger partial charge in [-0.15, -0.1) is 0 Å². The first kappa shape index (κ1) is 13.9. The van der Waals surface area contributed by atoms with E-state index in [0.29, 0.717) is 12.5 Å². The molecule has 2 rings (SSSR count). The molecule has 2 aromatic carbocycles. The van der Waals surface area contributed by atoms with Gasteiger partial charge in [0.25, 0.3) is 0 Å². The lowest BCUT2D eigenvalue weighted by molar-refractivity contribution is 0.475. The molecule has 0 spiro atoms. The fourth-order valence-electron chi connectivity index (χ4n) is 2.01. The minimum Gasteiger partial charge on any atom is -0.508 e. The Bertz CT molecular complexity index is 598. The summed E-state index contributed by atoms with van der Waals surface area (Å²) in [5, 5.41) is 12.3. The Morgan fingerprint density at radius 3 is 2.30 bits per heavy atom. The fourth-order valence-corrected chi connectivity index (χ4v) is 2.01. The van der Waals surface area contributed by atoms with Gasteiger partial charge in [-0.1, -0.05) is 18.2 Å². The molecule has 0 aliphatic heterocycles. The number of guanidine groups is 1. The minimum atomic E-state index is 0.249. The normalized spacial score (nSPS) is 11.4. The number of hydrogen-bond acceptors (Lipinski definition) is 2. The number of anilines is 1. The SMILES string of the molecule is Cc1cc(C)cc(NC(N)=NCc2ccc(O)cc2)c1. The molecule has 0 atom stereocenters. The Morgan fingerprint density at radius 2 is 1.70 bits per heavy atom. The molecule has 0 heterocycles. The van der Waals surface area contributed by atoms with E-state index in [1.807, 2.05) is 38.1 Å². The molecule has 0 fully saturated rings. The van der Waals surface area contributed by atoms with Crippen LogP contribution in [0.15, 0.2) is 47.5 Å². The topological polar surface area (TPSA) is 70.6 Å². The molecule has 0 saturated heterocycles. The van der Waals surface area contributed by atoms with Crippen molar-refractivity contribution in [2.45, 2.75) is 20.4 Å². The number of nitrogens with one attached hydrogen (secondary N) is 1. The van der Waals surface area contributed by atoms with Crippen molar-refractivity contribution >= 4 is 11.6 Å². The summed E-state index contributed by atoms with van der Waals surface area (Å²) in [6.07, 6.45) is 0. The Hall–Kier alpha value is -2.49. The lowest BCUT2D eigenvalue weighted by atomic mass is 10.1. The summed E-state index contributed by atoms with van der Waals surface area (Å²) in [5.41, 5.74) is 10.2. The van der Waals surface area contributed by atoms with E-state index < -0.39 is 0 Å². The van der Waals surface area contributed by atoms with Gasteiger partial charge in [-0.05, 0) is 54.8 Å². The Labute approximate surface area is 119 Å². The summed E-state index contributed by atoms with van der Waals surface area (Å²) in [6, 6.07) is 13.1. The first-order valence-corrected chi connectivity index (χ1v) is 6.46.